The first-order valence-electron chi connectivity index (χ1n) is 13.5. The first kappa shape index (κ1) is 30.2. The number of aromatic nitrogens is 1. The number of nitro groups is 1. The van der Waals surface area contributed by atoms with Crippen molar-refractivity contribution in [3.8, 4) is 5.75 Å². The molecule has 9 nitrogen and oxygen atoms in total. The molecule has 15 heteroatoms. The first-order valence-corrected chi connectivity index (χ1v) is 13.5. The number of anilines is 3. The molecule has 230 valence electrons. The summed E-state index contributed by atoms with van der Waals surface area (Å²) in [4.78, 5) is 24.5. The lowest BCUT2D eigenvalue weighted by Crippen LogP contribution is -2.46. The van der Waals surface area contributed by atoms with Crippen molar-refractivity contribution in [1.82, 2.24) is 10.0 Å². The van der Waals surface area contributed by atoms with E-state index in [0.717, 1.165) is 30.0 Å². The topological polar surface area (TPSA) is 87.0 Å². The highest BCUT2D eigenvalue weighted by atomic mass is 19.4. The molecule has 0 unspecified atom stereocenters. The van der Waals surface area contributed by atoms with Crippen LogP contribution in [0.5, 0.6) is 5.75 Å². The molecule has 3 aromatic rings. The Hall–Kier alpha value is -4.27. The van der Waals surface area contributed by atoms with Crippen LogP contribution in [0, 0.1) is 10.1 Å². The molecule has 2 aromatic carbocycles. The lowest BCUT2D eigenvalue weighted by atomic mass is 10.1. The number of nitro benzene ring substituents is 1. The Kier molecular flexibility index (Phi) is 8.53. The van der Waals surface area contributed by atoms with Crippen LogP contribution in [0.3, 0.4) is 0 Å². The summed E-state index contributed by atoms with van der Waals surface area (Å²) >= 11 is 0. The lowest BCUT2D eigenvalue weighted by molar-refractivity contribution is -0.388. The summed E-state index contributed by atoms with van der Waals surface area (Å²) in [6.07, 6.45) is -6.44. The summed E-state index contributed by atoms with van der Waals surface area (Å²) in [5.74, 6) is 1.28. The van der Waals surface area contributed by atoms with Gasteiger partial charge in [0, 0.05) is 81.1 Å². The molecule has 0 saturated carbocycles. The predicted octanol–water partition coefficient (Wildman–Crippen LogP) is 6.22. The Morgan fingerprint density at radius 3 is 2.09 bits per heavy atom. The molecule has 0 radical (unpaired) electrons. The highest BCUT2D eigenvalue weighted by molar-refractivity contribution is 5.56. The number of hydrogen-bond acceptors (Lipinski definition) is 8. The second kappa shape index (κ2) is 12.1. The van der Waals surface area contributed by atoms with Crippen molar-refractivity contribution in [2.75, 3.05) is 54.4 Å². The van der Waals surface area contributed by atoms with E-state index in [-0.39, 0.29) is 11.7 Å². The highest BCUT2D eigenvalue weighted by Gasteiger charge is 2.38. The maximum absolute atomic E-state index is 13.3. The monoisotopic (exact) mass is 610 g/mol. The van der Waals surface area contributed by atoms with Gasteiger partial charge in [-0.3, -0.25) is 10.1 Å². The Balaban J connectivity index is 1.12. The minimum Gasteiger partial charge on any atom is -0.406 e. The van der Waals surface area contributed by atoms with Crippen molar-refractivity contribution in [1.29, 1.82) is 0 Å². The summed E-state index contributed by atoms with van der Waals surface area (Å²) in [6, 6.07) is 11.4. The average molecular weight is 611 g/mol. The normalized spacial score (nSPS) is 17.2. The summed E-state index contributed by atoms with van der Waals surface area (Å²) in [5.41, 5.74) is -2.07. The third-order valence-corrected chi connectivity index (χ3v) is 7.44. The van der Waals surface area contributed by atoms with Gasteiger partial charge in [0.2, 0.25) is 0 Å². The van der Waals surface area contributed by atoms with Crippen molar-refractivity contribution >= 4 is 22.9 Å². The minimum absolute atomic E-state index is 0.142. The first-order chi connectivity index (χ1) is 20.4. The SMILES string of the molecule is O=[N+]([O-])c1ccc(NC2CCN(Oc3ccnc(N4CCN(c5ccc(C(F)(F)F)cc5)CC4)c3)CC2)cc1C(F)(F)F. The zero-order valence-corrected chi connectivity index (χ0v) is 22.7. The smallest absolute Gasteiger partial charge is 0.406 e. The van der Waals surface area contributed by atoms with Gasteiger partial charge in [0.05, 0.1) is 10.5 Å². The Bertz CT molecular complexity index is 1420. The van der Waals surface area contributed by atoms with Crippen LogP contribution in [-0.4, -0.2) is 60.3 Å². The third kappa shape index (κ3) is 7.39. The van der Waals surface area contributed by atoms with Crippen molar-refractivity contribution in [2.45, 2.75) is 31.2 Å². The summed E-state index contributed by atoms with van der Waals surface area (Å²) in [7, 11) is 0. The number of hydrogen-bond donors (Lipinski definition) is 1. The van der Waals surface area contributed by atoms with Crippen LogP contribution < -0.4 is 20.0 Å². The van der Waals surface area contributed by atoms with Crippen LogP contribution in [0.2, 0.25) is 0 Å². The van der Waals surface area contributed by atoms with Gasteiger partial charge in [-0.15, -0.1) is 5.06 Å². The quantitative estimate of drug-likeness (QED) is 0.192. The number of hydroxylamine groups is 2. The van der Waals surface area contributed by atoms with Gasteiger partial charge in [0.15, 0.2) is 5.75 Å². The van der Waals surface area contributed by atoms with E-state index in [1.54, 1.807) is 17.3 Å². The highest BCUT2D eigenvalue weighted by Crippen LogP contribution is 2.38. The molecule has 0 aliphatic carbocycles. The number of alkyl halides is 6. The van der Waals surface area contributed by atoms with Crippen molar-refractivity contribution in [2.24, 2.45) is 0 Å². The maximum Gasteiger partial charge on any atom is 0.423 e. The van der Waals surface area contributed by atoms with Crippen molar-refractivity contribution in [3.05, 3.63) is 82.0 Å². The third-order valence-electron chi connectivity index (χ3n) is 7.44. The zero-order chi connectivity index (χ0) is 30.8. The fourth-order valence-corrected chi connectivity index (χ4v) is 5.17. The summed E-state index contributed by atoms with van der Waals surface area (Å²) in [6.45, 7) is 3.46. The van der Waals surface area contributed by atoms with Crippen molar-refractivity contribution in [3.63, 3.8) is 0 Å². The average Bonchev–Trinajstić information content (AvgIpc) is 2.97. The summed E-state index contributed by atoms with van der Waals surface area (Å²) in [5, 5.41) is 15.8. The molecule has 2 saturated heterocycles. The fourth-order valence-electron chi connectivity index (χ4n) is 5.17. The number of nitrogens with zero attached hydrogens (tertiary/aromatic N) is 5. The van der Waals surface area contributed by atoms with Gasteiger partial charge >= 0.3 is 12.4 Å². The van der Waals surface area contributed by atoms with E-state index >= 15 is 0 Å². The van der Waals surface area contributed by atoms with Gasteiger partial charge in [-0.2, -0.15) is 26.3 Å². The lowest BCUT2D eigenvalue weighted by Gasteiger charge is -2.37. The number of benzene rings is 2. The van der Waals surface area contributed by atoms with Gasteiger partial charge in [0.1, 0.15) is 11.4 Å². The van der Waals surface area contributed by atoms with Gasteiger partial charge in [0.25, 0.3) is 5.69 Å². The zero-order valence-electron chi connectivity index (χ0n) is 22.7. The van der Waals surface area contributed by atoms with Gasteiger partial charge in [-0.25, -0.2) is 4.98 Å². The Labute approximate surface area is 242 Å². The van der Waals surface area contributed by atoms with Crippen LogP contribution in [-0.2, 0) is 12.4 Å². The molecule has 0 atom stereocenters. The van der Waals surface area contributed by atoms with Crippen LogP contribution in [0.15, 0.2) is 60.8 Å². The molecule has 3 heterocycles. The molecule has 2 aliphatic rings. The minimum atomic E-state index is -4.85. The van der Waals surface area contributed by atoms with Crippen LogP contribution in [0.25, 0.3) is 0 Å². The molecule has 2 fully saturated rings. The number of piperazine rings is 1. The van der Waals surface area contributed by atoms with Gasteiger partial charge < -0.3 is 20.0 Å². The van der Waals surface area contributed by atoms with Gasteiger partial charge in [-0.05, 0) is 49.2 Å². The van der Waals surface area contributed by atoms with Crippen molar-refractivity contribution < 1.29 is 36.1 Å². The molecule has 43 heavy (non-hydrogen) atoms. The maximum atomic E-state index is 13.3. The van der Waals surface area contributed by atoms with Crippen LogP contribution >= 0.6 is 0 Å². The molecule has 2 aliphatic heterocycles. The van der Waals surface area contributed by atoms with E-state index in [0.29, 0.717) is 63.7 Å². The van der Waals surface area contributed by atoms with E-state index < -0.39 is 34.1 Å². The number of rotatable bonds is 7. The molecular weight excluding hydrogens is 582 g/mol. The molecule has 1 N–H and O–H groups in total. The molecule has 0 spiro atoms. The molecule has 5 rings (SSSR count). The number of piperidine rings is 1. The standard InChI is InChI=1S/C28H28F6N6O3/c29-27(30,31)19-1-4-22(5-2-19)37-13-15-38(16-14-37)26-18-23(7-10-35-26)43-39-11-8-20(9-12-39)36-21-3-6-25(40(41)42)24(17-21)28(32,33)34/h1-7,10,17-18,20,36H,8-9,11-16H2. The Morgan fingerprint density at radius 2 is 1.49 bits per heavy atom. The summed E-state index contributed by atoms with van der Waals surface area (Å²) < 4.78 is 78.5. The molecule has 1 aromatic heterocycles. The van der Waals surface area contributed by atoms with E-state index in [2.05, 4.69) is 15.2 Å². The van der Waals surface area contributed by atoms with Crippen LogP contribution in [0.4, 0.5) is 49.2 Å². The molecule has 0 amide bonds. The molecule has 0 bridgehead atoms. The van der Waals surface area contributed by atoms with Gasteiger partial charge in [-0.1, -0.05) is 0 Å². The van der Waals surface area contributed by atoms with E-state index in [1.807, 2.05) is 11.0 Å². The predicted molar refractivity (Wildman–Crippen MR) is 147 cm³/mol. The number of nitrogens with one attached hydrogen (secondary N) is 1. The second-order valence-electron chi connectivity index (χ2n) is 10.3. The molecular formula is C28H28F6N6O3. The largest absolute Gasteiger partial charge is 0.423 e. The number of halogens is 6. The van der Waals surface area contributed by atoms with E-state index in [1.165, 1.54) is 18.2 Å². The fraction of sp³-hybridized carbons (Fsp3) is 0.393. The van der Waals surface area contributed by atoms with Crippen LogP contribution in [0.1, 0.15) is 24.0 Å². The van der Waals surface area contributed by atoms with E-state index in [9.17, 15) is 36.5 Å². The number of pyridine rings is 1. The second-order valence-corrected chi connectivity index (χ2v) is 10.3. The van der Waals surface area contributed by atoms with E-state index in [4.69, 9.17) is 4.84 Å². The Morgan fingerprint density at radius 1 is 0.837 bits per heavy atom.